The number of nitrogens with zero attached hydrogens (tertiary/aromatic N) is 2. The molecule has 39 heavy (non-hydrogen) atoms. The van der Waals surface area contributed by atoms with Crippen molar-refractivity contribution in [3.8, 4) is 5.75 Å². The quantitative estimate of drug-likeness (QED) is 0.380. The average Bonchev–Trinajstić information content (AvgIpc) is 2.86. The molecule has 8 nitrogen and oxygen atoms in total. The highest BCUT2D eigenvalue weighted by molar-refractivity contribution is 7.92. The third-order valence-corrected chi connectivity index (χ3v) is 7.57. The van der Waals surface area contributed by atoms with E-state index in [2.05, 4.69) is 5.32 Å². The van der Waals surface area contributed by atoms with E-state index in [1.54, 1.807) is 31.2 Å². The largest absolute Gasteiger partial charge is 0.497 e. The van der Waals surface area contributed by atoms with Crippen molar-refractivity contribution in [2.75, 3.05) is 24.2 Å². The van der Waals surface area contributed by atoms with Gasteiger partial charge < -0.3 is 15.0 Å². The number of halogens is 4. The molecule has 0 saturated carbocycles. The molecule has 0 fully saturated rings. The third kappa shape index (κ3) is 8.76. The summed E-state index contributed by atoms with van der Waals surface area (Å²) >= 11 is 5.70. The molecule has 0 aliphatic carbocycles. The number of methoxy groups -OCH3 is 1. The second kappa shape index (κ2) is 13.4. The highest BCUT2D eigenvalue weighted by Crippen LogP contribution is 2.37. The molecule has 2 rings (SSSR count). The average molecular weight is 592 g/mol. The molecule has 0 aliphatic rings. The normalized spacial score (nSPS) is 13.4. The number of alkyl halides is 3. The Morgan fingerprint density at radius 3 is 2.31 bits per heavy atom. The van der Waals surface area contributed by atoms with E-state index < -0.39 is 51.2 Å². The van der Waals surface area contributed by atoms with Crippen molar-refractivity contribution in [1.82, 2.24) is 10.2 Å². The summed E-state index contributed by atoms with van der Waals surface area (Å²) < 4.78 is 71.6. The summed E-state index contributed by atoms with van der Waals surface area (Å²) in [5.74, 6) is -0.701. The van der Waals surface area contributed by atoms with Crippen molar-refractivity contribution in [1.29, 1.82) is 0 Å². The Hall–Kier alpha value is -2.99. The van der Waals surface area contributed by atoms with Gasteiger partial charge in [0.25, 0.3) is 0 Å². The number of benzene rings is 2. The molecule has 2 atom stereocenters. The van der Waals surface area contributed by atoms with Gasteiger partial charge in [-0.15, -0.1) is 0 Å². The first-order valence-corrected chi connectivity index (χ1v) is 14.4. The number of nitrogens with one attached hydrogen (secondary N) is 1. The van der Waals surface area contributed by atoms with Crippen LogP contribution < -0.4 is 14.4 Å². The van der Waals surface area contributed by atoms with Crippen LogP contribution in [0.3, 0.4) is 0 Å². The number of sulfonamides is 1. The molecule has 0 spiro atoms. The first kappa shape index (κ1) is 32.2. The van der Waals surface area contributed by atoms with E-state index in [-0.39, 0.29) is 24.7 Å². The Morgan fingerprint density at radius 2 is 1.77 bits per heavy atom. The molecule has 0 radical (unpaired) electrons. The van der Waals surface area contributed by atoms with Crippen molar-refractivity contribution >= 4 is 39.1 Å². The van der Waals surface area contributed by atoms with Crippen LogP contribution in [0.1, 0.15) is 44.7 Å². The predicted octanol–water partition coefficient (Wildman–Crippen LogP) is 4.86. The fourth-order valence-electron chi connectivity index (χ4n) is 3.83. The Kier molecular flexibility index (Phi) is 11.1. The van der Waals surface area contributed by atoms with E-state index in [4.69, 9.17) is 16.3 Å². The van der Waals surface area contributed by atoms with Gasteiger partial charge in [-0.1, -0.05) is 37.6 Å². The molecular weight excluding hydrogens is 559 g/mol. The minimum Gasteiger partial charge on any atom is -0.497 e. The van der Waals surface area contributed by atoms with Crippen molar-refractivity contribution < 1.29 is 35.9 Å². The molecule has 0 unspecified atom stereocenters. The summed E-state index contributed by atoms with van der Waals surface area (Å²) in [5, 5.41) is 2.23. The van der Waals surface area contributed by atoms with E-state index in [9.17, 15) is 31.2 Å². The van der Waals surface area contributed by atoms with Crippen molar-refractivity contribution in [3.05, 3.63) is 58.6 Å². The van der Waals surface area contributed by atoms with E-state index in [1.165, 1.54) is 12.0 Å². The molecule has 0 saturated heterocycles. The molecule has 0 bridgehead atoms. The Balaban J connectivity index is 2.54. The number of carbonyl (C=O) groups excluding carboxylic acids is 2. The standard InChI is InChI=1S/C26H33ClF3N3O5S/c1-6-17(3)31-25(35)23(7-2)32(15-18-9-8-10-20(13-18)38-4)24(34)16-33(39(5,36)37)19-11-12-22(27)21(14-19)26(28,29)30/h8-14,17,23H,6-7,15-16H2,1-5H3,(H,31,35)/t17-,23-/m0/s1. The number of hydrogen-bond acceptors (Lipinski definition) is 5. The highest BCUT2D eigenvalue weighted by atomic mass is 35.5. The van der Waals surface area contributed by atoms with Gasteiger partial charge in [0, 0.05) is 12.6 Å². The van der Waals surface area contributed by atoms with Crippen LogP contribution in [0.15, 0.2) is 42.5 Å². The summed E-state index contributed by atoms with van der Waals surface area (Å²) in [5.41, 5.74) is -1.02. The van der Waals surface area contributed by atoms with Crippen molar-refractivity contribution in [2.24, 2.45) is 0 Å². The minimum atomic E-state index is -4.85. The molecule has 1 N–H and O–H groups in total. The van der Waals surface area contributed by atoms with Crippen LogP contribution in [0.4, 0.5) is 18.9 Å². The maximum atomic E-state index is 13.7. The number of hydrogen-bond donors (Lipinski definition) is 1. The van der Waals surface area contributed by atoms with Gasteiger partial charge in [-0.3, -0.25) is 13.9 Å². The SMILES string of the molecule is CC[C@H](C)NC(=O)[C@H](CC)N(Cc1cccc(OC)c1)C(=O)CN(c1ccc(Cl)c(C(F)(F)F)c1)S(C)(=O)=O. The molecule has 0 aromatic heterocycles. The van der Waals surface area contributed by atoms with Crippen LogP contribution in [-0.4, -0.2) is 57.1 Å². The molecule has 2 aromatic carbocycles. The summed E-state index contributed by atoms with van der Waals surface area (Å²) in [6.07, 6.45) is -3.22. The van der Waals surface area contributed by atoms with E-state index >= 15 is 0 Å². The number of carbonyl (C=O) groups is 2. The van der Waals surface area contributed by atoms with Gasteiger partial charge in [0.2, 0.25) is 21.8 Å². The van der Waals surface area contributed by atoms with E-state index in [0.29, 0.717) is 28.1 Å². The van der Waals surface area contributed by atoms with Gasteiger partial charge in [-0.05, 0) is 55.7 Å². The van der Waals surface area contributed by atoms with Gasteiger partial charge in [-0.2, -0.15) is 13.2 Å². The minimum absolute atomic E-state index is 0.0749. The highest BCUT2D eigenvalue weighted by Gasteiger charge is 2.36. The Labute approximate surface area is 232 Å². The topological polar surface area (TPSA) is 96.0 Å². The lowest BCUT2D eigenvalue weighted by atomic mass is 10.1. The molecule has 0 aliphatic heterocycles. The molecule has 13 heteroatoms. The zero-order chi connectivity index (χ0) is 29.5. The van der Waals surface area contributed by atoms with Gasteiger partial charge in [0.05, 0.1) is 29.6 Å². The van der Waals surface area contributed by atoms with Crippen LogP contribution in [0, 0.1) is 0 Å². The number of amides is 2. The number of ether oxygens (including phenoxy) is 1. The lowest BCUT2D eigenvalue weighted by molar-refractivity contribution is -0.140. The number of anilines is 1. The summed E-state index contributed by atoms with van der Waals surface area (Å²) in [6.45, 7) is 4.48. The molecule has 216 valence electrons. The van der Waals surface area contributed by atoms with Crippen molar-refractivity contribution in [3.63, 3.8) is 0 Å². The lowest BCUT2D eigenvalue weighted by Gasteiger charge is -2.33. The first-order chi connectivity index (χ1) is 18.1. The van der Waals surface area contributed by atoms with Crippen LogP contribution in [0.2, 0.25) is 5.02 Å². The summed E-state index contributed by atoms with van der Waals surface area (Å²) in [6, 6.07) is 8.22. The lowest BCUT2D eigenvalue weighted by Crippen LogP contribution is -2.53. The van der Waals surface area contributed by atoms with E-state index in [1.807, 2.05) is 13.8 Å². The summed E-state index contributed by atoms with van der Waals surface area (Å²) in [4.78, 5) is 28.1. The van der Waals surface area contributed by atoms with Crippen LogP contribution in [-0.2, 0) is 32.3 Å². The van der Waals surface area contributed by atoms with E-state index in [0.717, 1.165) is 18.4 Å². The molecule has 0 heterocycles. The molecule has 2 aromatic rings. The number of rotatable bonds is 12. The zero-order valence-corrected chi connectivity index (χ0v) is 24.0. The van der Waals surface area contributed by atoms with Gasteiger partial charge >= 0.3 is 6.18 Å². The monoisotopic (exact) mass is 591 g/mol. The van der Waals surface area contributed by atoms with Gasteiger partial charge in [0.1, 0.15) is 18.3 Å². The third-order valence-electron chi connectivity index (χ3n) is 6.10. The maximum Gasteiger partial charge on any atom is 0.417 e. The smallest absolute Gasteiger partial charge is 0.417 e. The Bertz CT molecular complexity index is 1270. The second-order valence-corrected chi connectivity index (χ2v) is 11.4. The van der Waals surface area contributed by atoms with Crippen LogP contribution in [0.5, 0.6) is 5.75 Å². The molecule has 2 amide bonds. The van der Waals surface area contributed by atoms with Crippen LogP contribution >= 0.6 is 11.6 Å². The Morgan fingerprint density at radius 1 is 1.10 bits per heavy atom. The summed E-state index contributed by atoms with van der Waals surface area (Å²) in [7, 11) is -2.75. The zero-order valence-electron chi connectivity index (χ0n) is 22.4. The first-order valence-electron chi connectivity index (χ1n) is 12.2. The van der Waals surface area contributed by atoms with Gasteiger partial charge in [-0.25, -0.2) is 8.42 Å². The van der Waals surface area contributed by atoms with Gasteiger partial charge in [0.15, 0.2) is 0 Å². The second-order valence-electron chi connectivity index (χ2n) is 9.05. The van der Waals surface area contributed by atoms with Crippen molar-refractivity contribution in [2.45, 2.75) is 58.4 Å². The van der Waals surface area contributed by atoms with Crippen LogP contribution in [0.25, 0.3) is 0 Å². The maximum absolute atomic E-state index is 13.7. The predicted molar refractivity (Wildman–Crippen MR) is 144 cm³/mol. The fraction of sp³-hybridized carbons (Fsp3) is 0.462. The fourth-order valence-corrected chi connectivity index (χ4v) is 4.89. The molecular formula is C26H33ClF3N3O5S.